The topological polar surface area (TPSA) is 41.9 Å². The van der Waals surface area contributed by atoms with E-state index in [2.05, 4.69) is 25.9 Å². The van der Waals surface area contributed by atoms with Gasteiger partial charge in [-0.25, -0.2) is 9.97 Å². The Hall–Kier alpha value is -1.81. The van der Waals surface area contributed by atoms with Crippen molar-refractivity contribution < 1.29 is 0 Å². The van der Waals surface area contributed by atoms with Crippen molar-refractivity contribution in [3.05, 3.63) is 54.4 Å². The molecule has 0 spiro atoms. The van der Waals surface area contributed by atoms with E-state index in [0.717, 1.165) is 24.5 Å². The predicted octanol–water partition coefficient (Wildman–Crippen LogP) is 2.60. The summed E-state index contributed by atoms with van der Waals surface area (Å²) in [5, 5.41) is 0. The fraction of sp³-hybridized carbons (Fsp3) is 0.400. The summed E-state index contributed by atoms with van der Waals surface area (Å²) >= 11 is 0. The molecule has 0 aromatic carbocycles. The third-order valence-corrected chi connectivity index (χ3v) is 3.65. The first-order valence-corrected chi connectivity index (χ1v) is 6.83. The average Bonchev–Trinajstić information content (AvgIpc) is 2.50. The molecule has 2 aromatic heterocycles. The highest BCUT2D eigenvalue weighted by atomic mass is 15.2. The second kappa shape index (κ2) is 5.89. The summed E-state index contributed by atoms with van der Waals surface area (Å²) in [7, 11) is 0. The van der Waals surface area contributed by atoms with Gasteiger partial charge < -0.3 is 0 Å². The van der Waals surface area contributed by atoms with E-state index in [9.17, 15) is 0 Å². The van der Waals surface area contributed by atoms with Crippen LogP contribution in [0.3, 0.4) is 0 Å². The summed E-state index contributed by atoms with van der Waals surface area (Å²) in [6.45, 7) is 2.01. The number of hydrogen-bond donors (Lipinski definition) is 0. The van der Waals surface area contributed by atoms with Crippen molar-refractivity contribution >= 4 is 0 Å². The van der Waals surface area contributed by atoms with E-state index in [0.29, 0.717) is 6.04 Å². The monoisotopic (exact) mass is 254 g/mol. The number of nitrogens with zero attached hydrogens (tertiary/aromatic N) is 4. The Kier molecular flexibility index (Phi) is 3.79. The Labute approximate surface area is 113 Å². The van der Waals surface area contributed by atoms with E-state index in [4.69, 9.17) is 0 Å². The summed E-state index contributed by atoms with van der Waals surface area (Å²) in [6.07, 6.45) is 9.03. The van der Waals surface area contributed by atoms with Crippen LogP contribution in [-0.4, -0.2) is 26.4 Å². The quantitative estimate of drug-likeness (QED) is 0.844. The molecule has 1 atom stereocenters. The average molecular weight is 254 g/mol. The lowest BCUT2D eigenvalue weighted by molar-refractivity contribution is 0.135. The molecule has 1 unspecified atom stereocenters. The molecule has 1 saturated heterocycles. The van der Waals surface area contributed by atoms with Gasteiger partial charge in [0.2, 0.25) is 0 Å². The zero-order valence-corrected chi connectivity index (χ0v) is 10.9. The Balaban J connectivity index is 1.78. The zero-order valence-electron chi connectivity index (χ0n) is 10.9. The van der Waals surface area contributed by atoms with Crippen molar-refractivity contribution in [3.8, 4) is 0 Å². The highest BCUT2D eigenvalue weighted by Gasteiger charge is 2.25. The molecular weight excluding hydrogens is 236 g/mol. The lowest BCUT2D eigenvalue weighted by atomic mass is 9.99. The van der Waals surface area contributed by atoms with E-state index in [-0.39, 0.29) is 0 Å². The molecule has 0 amide bonds. The minimum atomic E-state index is 0.402. The van der Waals surface area contributed by atoms with E-state index < -0.39 is 0 Å². The second-order valence-corrected chi connectivity index (χ2v) is 4.94. The highest BCUT2D eigenvalue weighted by Crippen LogP contribution is 2.30. The molecule has 1 aliphatic rings. The highest BCUT2D eigenvalue weighted by molar-refractivity contribution is 5.09. The molecule has 2 aromatic rings. The number of piperidine rings is 1. The molecule has 3 rings (SSSR count). The maximum Gasteiger partial charge on any atom is 0.115 e. The summed E-state index contributed by atoms with van der Waals surface area (Å²) < 4.78 is 0. The molecule has 0 radical (unpaired) electrons. The van der Waals surface area contributed by atoms with Crippen molar-refractivity contribution in [1.82, 2.24) is 19.9 Å². The Morgan fingerprint density at radius 2 is 2.11 bits per heavy atom. The first-order valence-electron chi connectivity index (χ1n) is 6.83. The number of rotatable bonds is 3. The van der Waals surface area contributed by atoms with Crippen LogP contribution in [0.1, 0.15) is 36.7 Å². The molecule has 3 heterocycles. The Morgan fingerprint density at radius 1 is 1.11 bits per heavy atom. The van der Waals surface area contributed by atoms with E-state index in [1.54, 1.807) is 6.33 Å². The molecule has 19 heavy (non-hydrogen) atoms. The lowest BCUT2D eigenvalue weighted by Gasteiger charge is -2.34. The lowest BCUT2D eigenvalue weighted by Crippen LogP contribution is -2.33. The van der Waals surface area contributed by atoms with Gasteiger partial charge in [0.1, 0.15) is 6.33 Å². The van der Waals surface area contributed by atoms with Gasteiger partial charge in [-0.05, 0) is 37.6 Å². The van der Waals surface area contributed by atoms with E-state index in [1.165, 1.54) is 19.3 Å². The third-order valence-electron chi connectivity index (χ3n) is 3.65. The third kappa shape index (κ3) is 2.96. The van der Waals surface area contributed by atoms with Gasteiger partial charge in [0.25, 0.3) is 0 Å². The standard InChI is InChI=1S/C15H18N4/c1-3-8-17-13(5-1)11-19-10-4-2-6-15(19)14-7-9-16-12-18-14/h1,3,5,7-9,12,15H,2,4,6,10-11H2. The van der Waals surface area contributed by atoms with Gasteiger partial charge in [-0.2, -0.15) is 0 Å². The molecular formula is C15H18N4. The summed E-state index contributed by atoms with van der Waals surface area (Å²) in [6, 6.07) is 8.53. The molecule has 0 saturated carbocycles. The summed E-state index contributed by atoms with van der Waals surface area (Å²) in [5.74, 6) is 0. The van der Waals surface area contributed by atoms with Gasteiger partial charge in [0, 0.05) is 18.9 Å². The van der Waals surface area contributed by atoms with Gasteiger partial charge >= 0.3 is 0 Å². The molecule has 1 aliphatic heterocycles. The van der Waals surface area contributed by atoms with Crippen molar-refractivity contribution in [3.63, 3.8) is 0 Å². The normalized spacial score (nSPS) is 20.3. The maximum atomic E-state index is 4.43. The molecule has 98 valence electrons. The van der Waals surface area contributed by atoms with Crippen molar-refractivity contribution in [2.24, 2.45) is 0 Å². The largest absolute Gasteiger partial charge is 0.289 e. The molecule has 1 fully saturated rings. The van der Waals surface area contributed by atoms with Crippen LogP contribution in [0.5, 0.6) is 0 Å². The van der Waals surface area contributed by atoms with Crippen LogP contribution in [0.25, 0.3) is 0 Å². The summed E-state index contributed by atoms with van der Waals surface area (Å²) in [4.78, 5) is 15.3. The maximum absolute atomic E-state index is 4.43. The van der Waals surface area contributed by atoms with Crippen LogP contribution in [0.4, 0.5) is 0 Å². The smallest absolute Gasteiger partial charge is 0.115 e. The van der Waals surface area contributed by atoms with Crippen molar-refractivity contribution in [2.75, 3.05) is 6.54 Å². The number of aromatic nitrogens is 3. The first-order chi connectivity index (χ1) is 9.43. The van der Waals surface area contributed by atoms with Gasteiger partial charge in [0.15, 0.2) is 0 Å². The number of likely N-dealkylation sites (tertiary alicyclic amines) is 1. The molecule has 4 nitrogen and oxygen atoms in total. The van der Waals surface area contributed by atoms with Gasteiger partial charge in [-0.1, -0.05) is 12.5 Å². The first kappa shape index (κ1) is 12.2. The number of hydrogen-bond acceptors (Lipinski definition) is 4. The minimum absolute atomic E-state index is 0.402. The predicted molar refractivity (Wildman–Crippen MR) is 73.3 cm³/mol. The minimum Gasteiger partial charge on any atom is -0.289 e. The van der Waals surface area contributed by atoms with Crippen LogP contribution in [0.15, 0.2) is 43.0 Å². The Morgan fingerprint density at radius 3 is 2.89 bits per heavy atom. The zero-order chi connectivity index (χ0) is 12.9. The SMILES string of the molecule is c1ccc(CN2CCCCC2c2ccncn2)nc1. The molecule has 0 N–H and O–H groups in total. The number of pyridine rings is 1. The fourth-order valence-electron chi connectivity index (χ4n) is 2.71. The van der Waals surface area contributed by atoms with Gasteiger partial charge in [-0.3, -0.25) is 9.88 Å². The van der Waals surface area contributed by atoms with Crippen LogP contribution in [-0.2, 0) is 6.54 Å². The molecule has 0 aliphatic carbocycles. The van der Waals surface area contributed by atoms with Crippen LogP contribution in [0.2, 0.25) is 0 Å². The molecule has 4 heteroatoms. The van der Waals surface area contributed by atoms with Crippen molar-refractivity contribution in [1.29, 1.82) is 0 Å². The van der Waals surface area contributed by atoms with Crippen LogP contribution < -0.4 is 0 Å². The van der Waals surface area contributed by atoms with E-state index >= 15 is 0 Å². The Bertz CT molecular complexity index is 500. The van der Waals surface area contributed by atoms with Gasteiger partial charge in [-0.15, -0.1) is 0 Å². The fourth-order valence-corrected chi connectivity index (χ4v) is 2.71. The van der Waals surface area contributed by atoms with E-state index in [1.807, 2.05) is 30.6 Å². The van der Waals surface area contributed by atoms with Crippen LogP contribution >= 0.6 is 0 Å². The van der Waals surface area contributed by atoms with Crippen LogP contribution in [0, 0.1) is 0 Å². The molecule has 0 bridgehead atoms. The van der Waals surface area contributed by atoms with Crippen molar-refractivity contribution in [2.45, 2.75) is 31.8 Å². The second-order valence-electron chi connectivity index (χ2n) is 4.94. The summed E-state index contributed by atoms with van der Waals surface area (Å²) in [5.41, 5.74) is 2.26. The van der Waals surface area contributed by atoms with Gasteiger partial charge in [0.05, 0.1) is 17.4 Å².